The van der Waals surface area contributed by atoms with Gasteiger partial charge >= 0.3 is 11.9 Å². The molecule has 0 saturated carbocycles. The van der Waals surface area contributed by atoms with Gasteiger partial charge in [0.25, 0.3) is 5.22 Å². The van der Waals surface area contributed by atoms with Gasteiger partial charge in [0.2, 0.25) is 11.8 Å². The van der Waals surface area contributed by atoms with E-state index in [0.29, 0.717) is 22.4 Å². The van der Waals surface area contributed by atoms with Crippen LogP contribution in [0.15, 0.2) is 40.0 Å². The van der Waals surface area contributed by atoms with Crippen molar-refractivity contribution in [2.75, 3.05) is 25.3 Å². The minimum atomic E-state index is -0.645. The highest BCUT2D eigenvalue weighted by molar-refractivity contribution is 7.99. The van der Waals surface area contributed by atoms with Crippen molar-refractivity contribution in [1.29, 1.82) is 0 Å². The quantitative estimate of drug-likeness (QED) is 0.394. The van der Waals surface area contributed by atoms with Crippen LogP contribution in [0.2, 0.25) is 0 Å². The standard InChI is InChI=1S/C20H19N3O6S2/c1-11-14(18(25)27-2)17(31-15(11)19(26)28-3)21-13(24)9-10-30-20-23-22-16(29-20)12-7-5-4-6-8-12/h4-8H,9-10H2,1-3H3,(H,21,24). The minimum absolute atomic E-state index is 0.124. The van der Waals surface area contributed by atoms with Gasteiger partial charge in [-0.3, -0.25) is 4.79 Å². The zero-order valence-corrected chi connectivity index (χ0v) is 18.6. The van der Waals surface area contributed by atoms with E-state index < -0.39 is 11.9 Å². The summed E-state index contributed by atoms with van der Waals surface area (Å²) in [5.74, 6) is -0.788. The van der Waals surface area contributed by atoms with E-state index in [4.69, 9.17) is 13.9 Å². The van der Waals surface area contributed by atoms with Crippen molar-refractivity contribution >= 4 is 45.9 Å². The van der Waals surface area contributed by atoms with E-state index in [1.54, 1.807) is 6.92 Å². The van der Waals surface area contributed by atoms with Gasteiger partial charge in [0, 0.05) is 17.7 Å². The Morgan fingerprint density at radius 3 is 2.48 bits per heavy atom. The van der Waals surface area contributed by atoms with Crippen LogP contribution in [0, 0.1) is 6.92 Å². The minimum Gasteiger partial charge on any atom is -0.465 e. The lowest BCUT2D eigenvalue weighted by molar-refractivity contribution is -0.115. The normalized spacial score (nSPS) is 10.5. The summed E-state index contributed by atoms with van der Waals surface area (Å²) in [6.45, 7) is 1.60. The smallest absolute Gasteiger partial charge is 0.348 e. The lowest BCUT2D eigenvalue weighted by Gasteiger charge is -2.05. The van der Waals surface area contributed by atoms with Crippen molar-refractivity contribution in [3.05, 3.63) is 46.3 Å². The first kappa shape index (κ1) is 22.5. The number of nitrogens with one attached hydrogen (secondary N) is 1. The summed E-state index contributed by atoms with van der Waals surface area (Å²) in [6.07, 6.45) is 0.124. The summed E-state index contributed by atoms with van der Waals surface area (Å²) in [6, 6.07) is 9.36. The molecule has 11 heteroatoms. The number of thioether (sulfide) groups is 1. The number of aromatic nitrogens is 2. The first-order valence-corrected chi connectivity index (χ1v) is 10.9. The molecule has 1 amide bonds. The Morgan fingerprint density at radius 2 is 1.81 bits per heavy atom. The van der Waals surface area contributed by atoms with Gasteiger partial charge in [-0.15, -0.1) is 21.5 Å². The number of carbonyl (C=O) groups excluding carboxylic acids is 3. The first-order chi connectivity index (χ1) is 14.9. The van der Waals surface area contributed by atoms with Crippen LogP contribution in [0.3, 0.4) is 0 Å². The highest BCUT2D eigenvalue weighted by atomic mass is 32.2. The summed E-state index contributed by atoms with van der Waals surface area (Å²) in [7, 11) is 2.48. The molecule has 0 aliphatic carbocycles. The van der Waals surface area contributed by atoms with Crippen molar-refractivity contribution in [3.8, 4) is 11.5 Å². The molecule has 0 aliphatic rings. The number of nitrogens with zero attached hydrogens (tertiary/aromatic N) is 2. The summed E-state index contributed by atoms with van der Waals surface area (Å²) in [5.41, 5.74) is 1.34. The number of methoxy groups -OCH3 is 2. The number of amides is 1. The third-order valence-corrected chi connectivity index (χ3v) is 6.15. The summed E-state index contributed by atoms with van der Waals surface area (Å²) < 4.78 is 15.1. The number of thiophene rings is 1. The number of carbonyl (C=O) groups is 3. The van der Waals surface area contributed by atoms with Crippen LogP contribution >= 0.6 is 23.1 Å². The Balaban J connectivity index is 1.62. The molecule has 9 nitrogen and oxygen atoms in total. The number of benzene rings is 1. The molecule has 0 unspecified atom stereocenters. The number of anilines is 1. The topological polar surface area (TPSA) is 121 Å². The van der Waals surface area contributed by atoms with Gasteiger partial charge in [0.15, 0.2) is 0 Å². The van der Waals surface area contributed by atoms with Gasteiger partial charge in [0.05, 0.1) is 19.8 Å². The molecule has 2 aromatic heterocycles. The Hall–Kier alpha value is -3.18. The molecule has 0 spiro atoms. The molecular weight excluding hydrogens is 442 g/mol. The molecule has 0 radical (unpaired) electrons. The average Bonchev–Trinajstić information content (AvgIpc) is 3.38. The van der Waals surface area contributed by atoms with Gasteiger partial charge in [-0.05, 0) is 24.6 Å². The maximum Gasteiger partial charge on any atom is 0.348 e. The molecule has 3 aromatic rings. The molecule has 2 heterocycles. The third-order valence-electron chi connectivity index (χ3n) is 4.14. The SMILES string of the molecule is COC(=O)c1sc(NC(=O)CCSc2nnc(-c3ccccc3)o2)c(C(=O)OC)c1C. The zero-order valence-electron chi connectivity index (χ0n) is 17.0. The van der Waals surface area contributed by atoms with Gasteiger partial charge < -0.3 is 19.2 Å². The molecule has 0 aliphatic heterocycles. The Morgan fingerprint density at radius 1 is 1.10 bits per heavy atom. The Bertz CT molecular complexity index is 1090. The molecule has 1 N–H and O–H groups in total. The van der Waals surface area contributed by atoms with Crippen LogP contribution in [0.1, 0.15) is 32.0 Å². The van der Waals surface area contributed by atoms with E-state index >= 15 is 0 Å². The monoisotopic (exact) mass is 461 g/mol. The van der Waals surface area contributed by atoms with Crippen LogP contribution in [0.4, 0.5) is 5.00 Å². The van der Waals surface area contributed by atoms with Crippen LogP contribution in [0.25, 0.3) is 11.5 Å². The van der Waals surface area contributed by atoms with Crippen molar-refractivity contribution in [2.45, 2.75) is 18.6 Å². The van der Waals surface area contributed by atoms with Crippen LogP contribution < -0.4 is 5.32 Å². The Kier molecular flexibility index (Phi) is 7.42. The van der Waals surface area contributed by atoms with Gasteiger partial charge in [-0.2, -0.15) is 0 Å². The van der Waals surface area contributed by atoms with Crippen molar-refractivity contribution in [1.82, 2.24) is 10.2 Å². The number of hydrogen-bond acceptors (Lipinski definition) is 10. The van der Waals surface area contributed by atoms with Crippen molar-refractivity contribution < 1.29 is 28.3 Å². The van der Waals surface area contributed by atoms with E-state index in [1.165, 1.54) is 26.0 Å². The molecule has 0 bridgehead atoms. The average molecular weight is 462 g/mol. The second-order valence-electron chi connectivity index (χ2n) is 6.13. The molecule has 162 valence electrons. The van der Waals surface area contributed by atoms with E-state index in [9.17, 15) is 14.4 Å². The number of hydrogen-bond donors (Lipinski definition) is 1. The van der Waals surface area contributed by atoms with E-state index in [-0.39, 0.29) is 27.8 Å². The zero-order chi connectivity index (χ0) is 22.4. The molecule has 3 rings (SSSR count). The second kappa shape index (κ2) is 10.2. The highest BCUT2D eigenvalue weighted by Gasteiger charge is 2.26. The third kappa shape index (κ3) is 5.30. The molecule has 1 aromatic carbocycles. The van der Waals surface area contributed by atoms with Gasteiger partial charge in [-0.25, -0.2) is 9.59 Å². The fourth-order valence-corrected chi connectivity index (χ4v) is 4.45. The van der Waals surface area contributed by atoms with E-state index in [2.05, 4.69) is 15.5 Å². The Labute approximate surface area is 186 Å². The van der Waals surface area contributed by atoms with E-state index in [0.717, 1.165) is 16.9 Å². The lowest BCUT2D eigenvalue weighted by atomic mass is 10.1. The van der Waals surface area contributed by atoms with E-state index in [1.807, 2.05) is 30.3 Å². The van der Waals surface area contributed by atoms with Crippen molar-refractivity contribution in [3.63, 3.8) is 0 Å². The molecule has 0 atom stereocenters. The molecule has 31 heavy (non-hydrogen) atoms. The second-order valence-corrected chi connectivity index (χ2v) is 8.20. The predicted octanol–water partition coefficient (Wildman–Crippen LogP) is 3.80. The van der Waals surface area contributed by atoms with Gasteiger partial charge in [-0.1, -0.05) is 30.0 Å². The fourth-order valence-electron chi connectivity index (χ4n) is 2.62. The summed E-state index contributed by atoms with van der Waals surface area (Å²) in [4.78, 5) is 36.7. The largest absolute Gasteiger partial charge is 0.465 e. The molecular formula is C20H19N3O6S2. The van der Waals surface area contributed by atoms with Crippen LogP contribution in [-0.4, -0.2) is 48.0 Å². The molecule has 0 saturated heterocycles. The number of rotatable bonds is 8. The molecule has 0 fully saturated rings. The fraction of sp³-hybridized carbons (Fsp3) is 0.250. The first-order valence-electron chi connectivity index (χ1n) is 9.06. The van der Waals surface area contributed by atoms with Crippen LogP contribution in [0.5, 0.6) is 0 Å². The number of esters is 2. The summed E-state index contributed by atoms with van der Waals surface area (Å²) in [5, 5.41) is 11.2. The van der Waals surface area contributed by atoms with Gasteiger partial charge in [0.1, 0.15) is 9.88 Å². The predicted molar refractivity (Wildman–Crippen MR) is 115 cm³/mol. The maximum atomic E-state index is 12.4. The number of ether oxygens (including phenoxy) is 2. The summed E-state index contributed by atoms with van der Waals surface area (Å²) >= 11 is 2.21. The highest BCUT2D eigenvalue weighted by Crippen LogP contribution is 2.34. The van der Waals surface area contributed by atoms with Crippen LogP contribution in [-0.2, 0) is 14.3 Å². The maximum absolute atomic E-state index is 12.4. The lowest BCUT2D eigenvalue weighted by Crippen LogP contribution is -2.14. The van der Waals surface area contributed by atoms with Crippen molar-refractivity contribution in [2.24, 2.45) is 0 Å².